The van der Waals surface area contributed by atoms with E-state index in [0.717, 1.165) is 12.2 Å². The summed E-state index contributed by atoms with van der Waals surface area (Å²) in [4.78, 5) is 24.6. The summed E-state index contributed by atoms with van der Waals surface area (Å²) in [6.45, 7) is 5.86. The Labute approximate surface area is 120 Å². The zero-order valence-corrected chi connectivity index (χ0v) is 13.3. The van der Waals surface area contributed by atoms with Crippen LogP contribution in [-0.4, -0.2) is 53.1 Å². The van der Waals surface area contributed by atoms with E-state index in [1.165, 1.54) is 0 Å². The Hall–Kier alpha value is -0.910. The molecule has 0 aliphatic rings. The van der Waals surface area contributed by atoms with Crippen molar-refractivity contribution in [1.82, 2.24) is 10.2 Å². The highest BCUT2D eigenvalue weighted by atomic mass is 32.2. The molecule has 0 rings (SSSR count). The number of hydrogen-bond acceptors (Lipinski definition) is 3. The largest absolute Gasteiger partial charge is 0.481 e. The molecule has 0 fully saturated rings. The summed E-state index contributed by atoms with van der Waals surface area (Å²) in [5.41, 5.74) is 0. The second kappa shape index (κ2) is 9.07. The molecule has 2 atom stereocenters. The molecule has 2 amide bonds. The second-order valence-electron chi connectivity index (χ2n) is 5.03. The summed E-state index contributed by atoms with van der Waals surface area (Å²) in [7, 11) is 1.76. The molecule has 2 unspecified atom stereocenters. The summed E-state index contributed by atoms with van der Waals surface area (Å²) in [6.07, 6.45) is 2.85. The summed E-state index contributed by atoms with van der Waals surface area (Å²) in [6, 6.07) is -0.354. The molecule has 0 heterocycles. The monoisotopic (exact) mass is 290 g/mol. The number of hydrogen-bond donors (Lipinski definition) is 2. The van der Waals surface area contributed by atoms with E-state index in [1.54, 1.807) is 23.7 Å². The number of carboxylic acid groups (broad SMARTS) is 1. The lowest BCUT2D eigenvalue weighted by molar-refractivity contribution is -0.137. The van der Waals surface area contributed by atoms with E-state index in [2.05, 4.69) is 5.32 Å². The summed E-state index contributed by atoms with van der Waals surface area (Å²) in [5.74, 6) is 0.0815. The first-order valence-corrected chi connectivity index (χ1v) is 7.96. The van der Waals surface area contributed by atoms with E-state index >= 15 is 0 Å². The normalized spacial score (nSPS) is 14.0. The van der Waals surface area contributed by atoms with Crippen molar-refractivity contribution in [2.24, 2.45) is 5.92 Å². The SMILES string of the molecule is CCC(CSC)N(C)C(=O)NC(CC(=O)O)C(C)C. The van der Waals surface area contributed by atoms with Crippen LogP contribution in [0.2, 0.25) is 0 Å². The van der Waals surface area contributed by atoms with Crippen molar-refractivity contribution in [3.05, 3.63) is 0 Å². The average Bonchev–Trinajstić information content (AvgIpc) is 2.33. The van der Waals surface area contributed by atoms with Crippen molar-refractivity contribution < 1.29 is 14.7 Å². The standard InChI is InChI=1S/C13H26N2O3S/c1-6-10(8-19-5)15(4)13(18)14-11(9(2)3)7-12(16)17/h9-11H,6-8H2,1-5H3,(H,14,18)(H,16,17). The molecule has 0 saturated carbocycles. The maximum atomic E-state index is 12.1. The van der Waals surface area contributed by atoms with Crippen LogP contribution in [0.4, 0.5) is 4.79 Å². The Morgan fingerprint density at radius 1 is 1.37 bits per heavy atom. The molecule has 0 bridgehead atoms. The van der Waals surface area contributed by atoms with Gasteiger partial charge in [-0.15, -0.1) is 0 Å². The van der Waals surface area contributed by atoms with Crippen LogP contribution in [-0.2, 0) is 4.79 Å². The molecule has 0 radical (unpaired) electrons. The molecule has 0 aliphatic carbocycles. The smallest absolute Gasteiger partial charge is 0.317 e. The van der Waals surface area contributed by atoms with Crippen LogP contribution in [0.5, 0.6) is 0 Å². The number of carbonyl (C=O) groups excluding carboxylic acids is 1. The number of rotatable bonds is 8. The fraction of sp³-hybridized carbons (Fsp3) is 0.846. The Morgan fingerprint density at radius 3 is 2.32 bits per heavy atom. The third-order valence-corrected chi connectivity index (χ3v) is 3.92. The molecule has 0 spiro atoms. The van der Waals surface area contributed by atoms with Gasteiger partial charge in [0.1, 0.15) is 0 Å². The molecular formula is C13H26N2O3S. The summed E-state index contributed by atoms with van der Waals surface area (Å²) in [5, 5.41) is 11.7. The van der Waals surface area contributed by atoms with Crippen molar-refractivity contribution in [1.29, 1.82) is 0 Å². The van der Waals surface area contributed by atoms with Crippen molar-refractivity contribution in [2.45, 2.75) is 45.7 Å². The average molecular weight is 290 g/mol. The predicted molar refractivity (Wildman–Crippen MR) is 79.6 cm³/mol. The van der Waals surface area contributed by atoms with Gasteiger partial charge in [-0.05, 0) is 18.6 Å². The highest BCUT2D eigenvalue weighted by Gasteiger charge is 2.23. The first-order valence-electron chi connectivity index (χ1n) is 6.57. The van der Waals surface area contributed by atoms with Crippen LogP contribution in [0, 0.1) is 5.92 Å². The maximum Gasteiger partial charge on any atom is 0.317 e. The van der Waals surface area contributed by atoms with E-state index in [9.17, 15) is 9.59 Å². The molecule has 19 heavy (non-hydrogen) atoms. The van der Waals surface area contributed by atoms with Gasteiger partial charge >= 0.3 is 12.0 Å². The van der Waals surface area contributed by atoms with Crippen molar-refractivity contribution >= 4 is 23.8 Å². The van der Waals surface area contributed by atoms with Crippen LogP contribution in [0.15, 0.2) is 0 Å². The van der Waals surface area contributed by atoms with E-state index in [1.807, 2.05) is 27.0 Å². The van der Waals surface area contributed by atoms with E-state index < -0.39 is 5.97 Å². The fourth-order valence-electron chi connectivity index (χ4n) is 1.76. The highest BCUT2D eigenvalue weighted by molar-refractivity contribution is 7.98. The van der Waals surface area contributed by atoms with Gasteiger partial charge in [0.15, 0.2) is 0 Å². The van der Waals surface area contributed by atoms with Gasteiger partial charge in [0.2, 0.25) is 0 Å². The molecule has 5 nitrogen and oxygen atoms in total. The van der Waals surface area contributed by atoms with Gasteiger partial charge in [-0.25, -0.2) is 4.79 Å². The third kappa shape index (κ3) is 6.71. The molecule has 2 N–H and O–H groups in total. The second-order valence-corrected chi connectivity index (χ2v) is 5.94. The van der Waals surface area contributed by atoms with Crippen LogP contribution in [0.3, 0.4) is 0 Å². The van der Waals surface area contributed by atoms with Gasteiger partial charge in [0.05, 0.1) is 6.42 Å². The zero-order valence-electron chi connectivity index (χ0n) is 12.5. The van der Waals surface area contributed by atoms with Gasteiger partial charge in [0, 0.05) is 24.9 Å². The summed E-state index contributed by atoms with van der Waals surface area (Å²) < 4.78 is 0. The Balaban J connectivity index is 4.57. The number of aliphatic carboxylic acids is 1. The van der Waals surface area contributed by atoms with Gasteiger partial charge in [-0.3, -0.25) is 4.79 Å². The number of urea groups is 1. The molecule has 0 aromatic carbocycles. The molecule has 0 aromatic rings. The number of thioether (sulfide) groups is 1. The minimum Gasteiger partial charge on any atom is -0.481 e. The quantitative estimate of drug-likeness (QED) is 0.719. The zero-order chi connectivity index (χ0) is 15.0. The lowest BCUT2D eigenvalue weighted by atomic mass is 10.0. The predicted octanol–water partition coefficient (Wildman–Crippen LogP) is 2.27. The topological polar surface area (TPSA) is 69.6 Å². The first kappa shape index (κ1) is 18.1. The van der Waals surface area contributed by atoms with Crippen LogP contribution < -0.4 is 5.32 Å². The first-order chi connectivity index (χ1) is 8.83. The van der Waals surface area contributed by atoms with Crippen molar-refractivity contribution in [3.8, 4) is 0 Å². The lowest BCUT2D eigenvalue weighted by Gasteiger charge is -2.30. The molecule has 0 aromatic heterocycles. The Kier molecular flexibility index (Phi) is 8.63. The van der Waals surface area contributed by atoms with Crippen molar-refractivity contribution in [3.63, 3.8) is 0 Å². The minimum absolute atomic E-state index is 0.0451. The van der Waals surface area contributed by atoms with Crippen LogP contribution in [0.25, 0.3) is 0 Å². The molecule has 6 heteroatoms. The minimum atomic E-state index is -0.891. The van der Waals surface area contributed by atoms with E-state index in [-0.39, 0.29) is 30.5 Å². The lowest BCUT2D eigenvalue weighted by Crippen LogP contribution is -2.49. The van der Waals surface area contributed by atoms with Crippen LogP contribution in [0.1, 0.15) is 33.6 Å². The number of nitrogens with zero attached hydrogens (tertiary/aromatic N) is 1. The number of nitrogens with one attached hydrogen (secondary N) is 1. The maximum absolute atomic E-state index is 12.1. The van der Waals surface area contributed by atoms with Crippen LogP contribution >= 0.6 is 11.8 Å². The Morgan fingerprint density at radius 2 is 1.95 bits per heavy atom. The fourth-order valence-corrected chi connectivity index (χ4v) is 2.61. The number of amides is 2. The number of carboxylic acids is 1. The Bertz CT molecular complexity index is 298. The van der Waals surface area contributed by atoms with E-state index in [0.29, 0.717) is 0 Å². The highest BCUT2D eigenvalue weighted by Crippen LogP contribution is 2.11. The molecule has 0 aliphatic heterocycles. The van der Waals surface area contributed by atoms with E-state index in [4.69, 9.17) is 5.11 Å². The summed E-state index contributed by atoms with van der Waals surface area (Å²) >= 11 is 1.70. The molecular weight excluding hydrogens is 264 g/mol. The third-order valence-electron chi connectivity index (χ3n) is 3.21. The van der Waals surface area contributed by atoms with Gasteiger partial charge in [-0.1, -0.05) is 20.8 Å². The van der Waals surface area contributed by atoms with Gasteiger partial charge in [-0.2, -0.15) is 11.8 Å². The van der Waals surface area contributed by atoms with Crippen molar-refractivity contribution in [2.75, 3.05) is 19.1 Å². The molecule has 0 saturated heterocycles. The van der Waals surface area contributed by atoms with Gasteiger partial charge in [0.25, 0.3) is 0 Å². The van der Waals surface area contributed by atoms with Gasteiger partial charge < -0.3 is 15.3 Å². The number of carbonyl (C=O) groups is 2. The molecule has 112 valence electrons.